The van der Waals surface area contributed by atoms with E-state index >= 15 is 0 Å². The molecule has 0 spiro atoms. The number of fused-ring (bicyclic) bond motifs is 1. The van der Waals surface area contributed by atoms with Crippen LogP contribution in [-0.2, 0) is 0 Å². The van der Waals surface area contributed by atoms with E-state index in [2.05, 4.69) is 0 Å². The molecular formula is C32H29N. The minimum absolute atomic E-state index is 0.0183. The summed E-state index contributed by atoms with van der Waals surface area (Å²) in [5, 5.41) is 0.186. The second kappa shape index (κ2) is 8.60. The fraction of sp³-hybridized carbons (Fsp3) is 0.125. The minimum atomic E-state index is -0.858. The van der Waals surface area contributed by atoms with Gasteiger partial charge in [-0.1, -0.05) is 96.8 Å². The maximum atomic E-state index is 8.97. The quantitative estimate of drug-likeness (QED) is 0.268. The number of anilines is 2. The van der Waals surface area contributed by atoms with Gasteiger partial charge in [-0.15, -0.1) is 0 Å². The molecule has 162 valence electrons. The second-order valence-electron chi connectivity index (χ2n) is 8.35. The first kappa shape index (κ1) is 9.97. The highest BCUT2D eigenvalue weighted by molar-refractivity contribution is 5.96. The summed E-state index contributed by atoms with van der Waals surface area (Å²) in [5.74, 6) is 0. The van der Waals surface area contributed by atoms with Crippen molar-refractivity contribution in [2.24, 2.45) is 0 Å². The van der Waals surface area contributed by atoms with Crippen LogP contribution in [0.5, 0.6) is 0 Å². The largest absolute Gasteiger partial charge is 0.336 e. The summed E-state index contributed by atoms with van der Waals surface area (Å²) in [4.78, 5) is 1.57. The molecule has 33 heavy (non-hydrogen) atoms. The van der Waals surface area contributed by atoms with Crippen molar-refractivity contribution in [2.45, 2.75) is 26.3 Å². The van der Waals surface area contributed by atoms with E-state index in [0.29, 0.717) is 11.3 Å². The minimum Gasteiger partial charge on any atom is -0.336 e. The summed E-state index contributed by atoms with van der Waals surface area (Å²) >= 11 is 0. The van der Waals surface area contributed by atoms with Crippen LogP contribution in [0.25, 0.3) is 33.0 Å². The molecule has 1 heteroatoms. The van der Waals surface area contributed by atoms with Crippen LogP contribution in [0, 0.1) is 0 Å². The van der Waals surface area contributed by atoms with Gasteiger partial charge < -0.3 is 4.90 Å². The number of nitrogens with zero attached hydrogens (tertiary/aromatic N) is 1. The lowest BCUT2D eigenvalue weighted by molar-refractivity contribution is 0.560. The van der Waals surface area contributed by atoms with Crippen molar-refractivity contribution in [3.63, 3.8) is 0 Å². The predicted molar refractivity (Wildman–Crippen MR) is 143 cm³/mol. The Balaban J connectivity index is 1.73. The number of hydrogen-bond acceptors (Lipinski definition) is 1. The van der Waals surface area contributed by atoms with E-state index in [1.54, 1.807) is 49.9 Å². The van der Waals surface area contributed by atoms with E-state index in [0.717, 1.165) is 0 Å². The Hall–Kier alpha value is -3.84. The van der Waals surface area contributed by atoms with Crippen molar-refractivity contribution in [2.75, 3.05) is 4.90 Å². The second-order valence-corrected chi connectivity index (χ2v) is 8.35. The topological polar surface area (TPSA) is 3.24 Å². The zero-order chi connectivity index (χ0) is 35.9. The SMILES string of the molecule is [2H]c1cc2c(-c3ccc(N(c4c([2H])c([2H])c(-c5c([2H])c([2H])c([2H])c([2H])c5[2H])c([2H])c4[2H])C(C)(C)C)cc3)c([2H])c([2H])c([2H])c2c([2H])c1[2H]. The maximum absolute atomic E-state index is 8.97. The van der Waals surface area contributed by atoms with Gasteiger partial charge in [0, 0.05) is 16.9 Å². The third-order valence-electron chi connectivity index (χ3n) is 5.06. The van der Waals surface area contributed by atoms with Crippen LogP contribution < -0.4 is 4.90 Å². The Bertz CT molecular complexity index is 2100. The lowest BCUT2D eigenvalue weighted by Gasteiger charge is -2.38. The van der Waals surface area contributed by atoms with E-state index in [1.165, 1.54) is 6.07 Å². The summed E-state index contributed by atoms with van der Waals surface area (Å²) in [5.41, 5.74) is -0.835. The van der Waals surface area contributed by atoms with Crippen LogP contribution in [0.1, 0.15) is 41.3 Å². The van der Waals surface area contributed by atoms with Gasteiger partial charge in [0.1, 0.15) is 0 Å². The van der Waals surface area contributed by atoms with Crippen molar-refractivity contribution in [1.82, 2.24) is 0 Å². The summed E-state index contributed by atoms with van der Waals surface area (Å²) in [6.07, 6.45) is 0. The van der Waals surface area contributed by atoms with Crippen molar-refractivity contribution >= 4 is 22.1 Å². The van der Waals surface area contributed by atoms with E-state index < -0.39 is 83.1 Å². The fourth-order valence-corrected chi connectivity index (χ4v) is 3.64. The maximum Gasteiger partial charge on any atom is 0.0645 e. The number of hydrogen-bond donors (Lipinski definition) is 0. The molecule has 0 bridgehead atoms. The van der Waals surface area contributed by atoms with Crippen LogP contribution in [0.4, 0.5) is 11.4 Å². The highest BCUT2D eigenvalue weighted by atomic mass is 15.2. The summed E-state index contributed by atoms with van der Waals surface area (Å²) in [7, 11) is 0. The first-order valence-corrected chi connectivity index (χ1v) is 10.3. The van der Waals surface area contributed by atoms with Crippen LogP contribution in [0.15, 0.2) is 121 Å². The van der Waals surface area contributed by atoms with Gasteiger partial charge >= 0.3 is 0 Å². The molecule has 0 aromatic heterocycles. The van der Waals surface area contributed by atoms with Crippen LogP contribution in [0.2, 0.25) is 0 Å². The summed E-state index contributed by atoms with van der Waals surface area (Å²) in [6.45, 7) is 5.36. The zero-order valence-electron chi connectivity index (χ0n) is 33.3. The van der Waals surface area contributed by atoms with Crippen LogP contribution in [-0.4, -0.2) is 5.54 Å². The van der Waals surface area contributed by atoms with Crippen molar-refractivity contribution in [3.05, 3.63) is 121 Å². The Morgan fingerprint density at radius 2 is 1.18 bits per heavy atom. The fourth-order valence-electron chi connectivity index (χ4n) is 3.64. The molecule has 0 radical (unpaired) electrons. The van der Waals surface area contributed by atoms with Crippen molar-refractivity contribution < 1.29 is 20.6 Å². The molecule has 1 nitrogen and oxygen atoms in total. The standard InChI is InChI=1S/C32H29N/c1-32(2,3)33(28-20-16-25(17-21-28)24-10-5-4-6-11-24)29-22-18-27(19-23-29)31-15-9-13-26-12-7-8-14-30(26)31/h4-23H,1-3H3/i4D,5D,6D,7D,8D,9D,10D,11D,12D,13D,15D,16D,17D,20D,21D. The number of benzene rings is 5. The van der Waals surface area contributed by atoms with Crippen LogP contribution in [0.3, 0.4) is 0 Å². The lowest BCUT2D eigenvalue weighted by Crippen LogP contribution is -2.37. The predicted octanol–water partition coefficient (Wildman–Crippen LogP) is 9.11. The first-order chi connectivity index (χ1) is 22.2. The average molecular weight is 443 g/mol. The van der Waals surface area contributed by atoms with Gasteiger partial charge in [-0.3, -0.25) is 0 Å². The van der Waals surface area contributed by atoms with Gasteiger partial charge in [-0.25, -0.2) is 0 Å². The molecule has 0 amide bonds. The summed E-state index contributed by atoms with van der Waals surface area (Å²) in [6, 6.07) is 0.0863. The average Bonchev–Trinajstić information content (AvgIpc) is 3.03. The van der Waals surface area contributed by atoms with Crippen molar-refractivity contribution in [3.8, 4) is 22.3 Å². The Morgan fingerprint density at radius 3 is 1.88 bits per heavy atom. The van der Waals surface area contributed by atoms with Crippen molar-refractivity contribution in [1.29, 1.82) is 0 Å². The summed E-state index contributed by atoms with van der Waals surface area (Å²) < 4.78 is 126. The monoisotopic (exact) mass is 442 g/mol. The molecule has 0 aliphatic rings. The highest BCUT2D eigenvalue weighted by Gasteiger charge is 2.23. The van der Waals surface area contributed by atoms with Gasteiger partial charge in [-0.05, 0) is 78.0 Å². The van der Waals surface area contributed by atoms with Gasteiger partial charge in [0.05, 0.1) is 20.6 Å². The molecule has 0 fully saturated rings. The Labute approximate surface area is 218 Å². The molecule has 5 aromatic rings. The van der Waals surface area contributed by atoms with Gasteiger partial charge in [-0.2, -0.15) is 0 Å². The first-order valence-electron chi connectivity index (χ1n) is 17.8. The third-order valence-corrected chi connectivity index (χ3v) is 5.06. The van der Waals surface area contributed by atoms with Gasteiger partial charge in [0.15, 0.2) is 0 Å². The third kappa shape index (κ3) is 4.27. The molecule has 0 unspecified atom stereocenters. The zero-order valence-corrected chi connectivity index (χ0v) is 18.3. The molecule has 0 atom stereocenters. The normalized spacial score (nSPS) is 17.8. The Kier molecular flexibility index (Phi) is 2.60. The molecular weight excluding hydrogens is 398 g/mol. The van der Waals surface area contributed by atoms with E-state index in [4.69, 9.17) is 20.6 Å². The van der Waals surface area contributed by atoms with Crippen LogP contribution >= 0.6 is 0 Å². The molecule has 0 saturated carbocycles. The molecule has 0 N–H and O–H groups in total. The highest BCUT2D eigenvalue weighted by Crippen LogP contribution is 2.36. The van der Waals surface area contributed by atoms with E-state index in [-0.39, 0.29) is 46.2 Å². The van der Waals surface area contributed by atoms with E-state index in [9.17, 15) is 0 Å². The smallest absolute Gasteiger partial charge is 0.0645 e. The van der Waals surface area contributed by atoms with Gasteiger partial charge in [0.25, 0.3) is 0 Å². The van der Waals surface area contributed by atoms with E-state index in [1.807, 2.05) is 0 Å². The molecule has 5 aromatic carbocycles. The molecule has 0 heterocycles. The molecule has 5 rings (SSSR count). The van der Waals surface area contributed by atoms with Gasteiger partial charge in [0.2, 0.25) is 0 Å². The molecule has 0 aliphatic carbocycles. The Morgan fingerprint density at radius 1 is 0.545 bits per heavy atom. The number of rotatable bonds is 4. The molecule has 0 saturated heterocycles. The molecule has 0 aliphatic heterocycles. The lowest BCUT2D eigenvalue weighted by atomic mass is 9.97.